The van der Waals surface area contributed by atoms with Crippen LogP contribution in [0, 0.1) is 5.82 Å². The van der Waals surface area contributed by atoms with Crippen LogP contribution < -0.4 is 5.32 Å². The number of fused-ring (bicyclic) bond motifs is 1. The smallest absolute Gasteiger partial charge is 0.340 e. The normalized spacial score (nSPS) is 11.6. The van der Waals surface area contributed by atoms with Gasteiger partial charge in [0.1, 0.15) is 11.6 Å². The molecule has 0 fully saturated rings. The number of nitrogens with one attached hydrogen (secondary N) is 1. The summed E-state index contributed by atoms with van der Waals surface area (Å²) in [6.45, 7) is 0. The molecule has 4 nitrogen and oxygen atoms in total. The maximum atomic E-state index is 13.8. The molecule has 3 aromatic carbocycles. The zero-order valence-corrected chi connectivity index (χ0v) is 18.6. The molecule has 5 aromatic rings. The molecule has 0 saturated heterocycles. The first-order chi connectivity index (χ1) is 16.8. The van der Waals surface area contributed by atoms with Crippen LogP contribution in [0.15, 0.2) is 85.2 Å². The Hall–Kier alpha value is -4.04. The Morgan fingerprint density at radius 1 is 0.829 bits per heavy atom. The molecule has 0 aliphatic heterocycles. The molecule has 0 saturated carbocycles. The third-order valence-corrected chi connectivity index (χ3v) is 5.64. The van der Waals surface area contributed by atoms with Crippen molar-refractivity contribution in [2.24, 2.45) is 0 Å². The van der Waals surface area contributed by atoms with Gasteiger partial charge in [0.15, 0.2) is 5.82 Å². The predicted molar refractivity (Wildman–Crippen MR) is 128 cm³/mol. The molecule has 0 aliphatic carbocycles. The first kappa shape index (κ1) is 22.7. The summed E-state index contributed by atoms with van der Waals surface area (Å²) in [4.78, 5) is 13.3. The molecule has 2 aromatic heterocycles. The van der Waals surface area contributed by atoms with Crippen molar-refractivity contribution in [3.8, 4) is 22.5 Å². The maximum Gasteiger partial charge on any atom is 0.417 e. The van der Waals surface area contributed by atoms with Gasteiger partial charge in [-0.2, -0.15) is 13.2 Å². The fraction of sp³-hybridized carbons (Fsp3) is 0.0385. The number of benzene rings is 3. The van der Waals surface area contributed by atoms with E-state index in [1.807, 2.05) is 0 Å². The Labute approximate surface area is 202 Å². The Kier molecular flexibility index (Phi) is 5.82. The van der Waals surface area contributed by atoms with Crippen LogP contribution >= 0.6 is 11.6 Å². The van der Waals surface area contributed by atoms with Crippen LogP contribution in [0.1, 0.15) is 5.56 Å². The van der Waals surface area contributed by atoms with Crippen LogP contribution in [0.2, 0.25) is 5.02 Å². The number of anilines is 2. The van der Waals surface area contributed by atoms with Crippen LogP contribution in [0.25, 0.3) is 33.4 Å². The van der Waals surface area contributed by atoms with E-state index in [1.165, 1.54) is 30.3 Å². The highest BCUT2D eigenvalue weighted by Gasteiger charge is 2.34. The summed E-state index contributed by atoms with van der Waals surface area (Å²) in [7, 11) is 0. The number of rotatable bonds is 4. The summed E-state index contributed by atoms with van der Waals surface area (Å²) in [6.07, 6.45) is -1.40. The van der Waals surface area contributed by atoms with Gasteiger partial charge < -0.3 is 5.32 Å². The Balaban J connectivity index is 1.77. The number of hydrogen-bond acceptors (Lipinski definition) is 4. The molecule has 5 rings (SSSR count). The third-order valence-electron chi connectivity index (χ3n) is 5.35. The summed E-state index contributed by atoms with van der Waals surface area (Å²) in [5, 5.41) is 3.50. The van der Waals surface area contributed by atoms with Gasteiger partial charge in [0.25, 0.3) is 0 Å². The molecular weight excluding hydrogens is 480 g/mol. The van der Waals surface area contributed by atoms with Gasteiger partial charge in [-0.3, -0.25) is 4.98 Å². The van der Waals surface area contributed by atoms with E-state index in [1.54, 1.807) is 48.8 Å². The highest BCUT2D eigenvalue weighted by atomic mass is 35.5. The quantitative estimate of drug-likeness (QED) is 0.258. The minimum atomic E-state index is -4.55. The molecule has 9 heteroatoms. The highest BCUT2D eigenvalue weighted by molar-refractivity contribution is 6.31. The van der Waals surface area contributed by atoms with Crippen LogP contribution in [0.5, 0.6) is 0 Å². The van der Waals surface area contributed by atoms with E-state index < -0.39 is 17.6 Å². The lowest BCUT2D eigenvalue weighted by atomic mass is 9.97. The van der Waals surface area contributed by atoms with E-state index in [2.05, 4.69) is 20.3 Å². The molecular formula is C26H15ClF4N4. The van der Waals surface area contributed by atoms with Gasteiger partial charge in [-0.1, -0.05) is 41.9 Å². The summed E-state index contributed by atoms with van der Waals surface area (Å²) < 4.78 is 55.1. The van der Waals surface area contributed by atoms with Gasteiger partial charge in [-0.15, -0.1) is 0 Å². The average Bonchev–Trinajstić information content (AvgIpc) is 2.86. The molecule has 0 amide bonds. The Morgan fingerprint density at radius 3 is 2.37 bits per heavy atom. The fourth-order valence-electron chi connectivity index (χ4n) is 3.76. The van der Waals surface area contributed by atoms with E-state index in [0.717, 1.165) is 6.07 Å². The van der Waals surface area contributed by atoms with E-state index in [-0.39, 0.29) is 16.4 Å². The standard InChI is InChI=1S/C26H15ClF4N4/c27-21-13-16(10-11-22(21)28)33-25-19-8-3-7-18(17-6-1-2-9-20(17)26(29,30)31)23(19)34-24(35-25)15-5-4-12-32-14-15/h1-14H,(H,33,34,35). The van der Waals surface area contributed by atoms with Crippen molar-refractivity contribution in [2.45, 2.75) is 6.18 Å². The monoisotopic (exact) mass is 494 g/mol. The molecule has 1 N–H and O–H groups in total. The maximum absolute atomic E-state index is 13.8. The first-order valence-corrected chi connectivity index (χ1v) is 10.8. The van der Waals surface area contributed by atoms with Gasteiger partial charge in [0.2, 0.25) is 0 Å². The van der Waals surface area contributed by atoms with Crippen molar-refractivity contribution in [1.29, 1.82) is 0 Å². The van der Waals surface area contributed by atoms with E-state index in [4.69, 9.17) is 11.6 Å². The minimum Gasteiger partial charge on any atom is -0.340 e. The van der Waals surface area contributed by atoms with Gasteiger partial charge in [0.05, 0.1) is 16.1 Å². The second-order valence-corrected chi connectivity index (χ2v) is 8.04. The summed E-state index contributed by atoms with van der Waals surface area (Å²) in [6, 6.07) is 17.8. The van der Waals surface area contributed by atoms with Crippen molar-refractivity contribution in [2.75, 3.05) is 5.32 Å². The van der Waals surface area contributed by atoms with Gasteiger partial charge in [-0.25, -0.2) is 14.4 Å². The predicted octanol–water partition coefficient (Wildman–Crippen LogP) is 7.91. The number of aromatic nitrogens is 3. The number of hydrogen-bond donors (Lipinski definition) is 1. The zero-order chi connectivity index (χ0) is 24.6. The van der Waals surface area contributed by atoms with Gasteiger partial charge in [-0.05, 0) is 48.0 Å². The number of para-hydroxylation sites is 1. The van der Waals surface area contributed by atoms with Crippen molar-refractivity contribution in [1.82, 2.24) is 15.0 Å². The lowest BCUT2D eigenvalue weighted by Crippen LogP contribution is -2.07. The topological polar surface area (TPSA) is 50.7 Å². The van der Waals surface area contributed by atoms with Gasteiger partial charge in [0, 0.05) is 34.6 Å². The van der Waals surface area contributed by atoms with E-state index in [0.29, 0.717) is 33.5 Å². The number of alkyl halides is 3. The minimum absolute atomic E-state index is 0.00258. The summed E-state index contributed by atoms with van der Waals surface area (Å²) >= 11 is 5.93. The van der Waals surface area contributed by atoms with E-state index in [9.17, 15) is 17.6 Å². The second-order valence-electron chi connectivity index (χ2n) is 7.64. The van der Waals surface area contributed by atoms with Gasteiger partial charge >= 0.3 is 6.18 Å². The number of nitrogens with zero attached hydrogens (tertiary/aromatic N) is 3. The van der Waals surface area contributed by atoms with E-state index >= 15 is 0 Å². The van der Waals surface area contributed by atoms with Crippen molar-refractivity contribution in [3.63, 3.8) is 0 Å². The molecule has 0 radical (unpaired) electrons. The molecule has 2 heterocycles. The van der Waals surface area contributed by atoms with Crippen LogP contribution in [0.3, 0.4) is 0 Å². The molecule has 35 heavy (non-hydrogen) atoms. The number of pyridine rings is 1. The largest absolute Gasteiger partial charge is 0.417 e. The van der Waals surface area contributed by atoms with Crippen molar-refractivity contribution >= 4 is 34.0 Å². The van der Waals surface area contributed by atoms with Crippen LogP contribution in [-0.2, 0) is 6.18 Å². The number of halogens is 5. The van der Waals surface area contributed by atoms with Crippen molar-refractivity contribution < 1.29 is 17.6 Å². The Morgan fingerprint density at radius 2 is 1.63 bits per heavy atom. The third kappa shape index (κ3) is 4.52. The zero-order valence-electron chi connectivity index (χ0n) is 17.8. The molecule has 174 valence electrons. The highest BCUT2D eigenvalue weighted by Crippen LogP contribution is 2.40. The summed E-state index contributed by atoms with van der Waals surface area (Å²) in [5.74, 6) is 0.00738. The second kappa shape index (κ2) is 8.96. The summed E-state index contributed by atoms with van der Waals surface area (Å²) in [5.41, 5.74) is 0.867. The molecule has 0 aliphatic rings. The SMILES string of the molecule is Fc1ccc(Nc2nc(-c3cccnc3)nc3c(-c4ccccc4C(F)(F)F)cccc23)cc1Cl. The molecule has 0 unspecified atom stereocenters. The van der Waals surface area contributed by atoms with Crippen molar-refractivity contribution in [3.05, 3.63) is 102 Å². The Bertz CT molecular complexity index is 1540. The van der Waals surface area contributed by atoms with Crippen LogP contribution in [-0.4, -0.2) is 15.0 Å². The average molecular weight is 495 g/mol. The first-order valence-electron chi connectivity index (χ1n) is 10.4. The molecule has 0 atom stereocenters. The molecule has 0 bridgehead atoms. The lowest BCUT2D eigenvalue weighted by molar-refractivity contribution is -0.137. The molecule has 0 spiro atoms. The lowest BCUT2D eigenvalue weighted by Gasteiger charge is -2.16. The van der Waals surface area contributed by atoms with Crippen LogP contribution in [0.4, 0.5) is 29.1 Å². The fourth-order valence-corrected chi connectivity index (χ4v) is 3.95.